The second-order valence-electron chi connectivity index (χ2n) is 16.3. The number of aryl methyl sites for hydroxylation is 1. The number of alkyl halides is 6. The van der Waals surface area contributed by atoms with Gasteiger partial charge in [-0.15, -0.1) is 0 Å². The third-order valence-corrected chi connectivity index (χ3v) is 15.1. The van der Waals surface area contributed by atoms with Crippen LogP contribution in [0, 0.1) is 12.7 Å². The van der Waals surface area contributed by atoms with Gasteiger partial charge in [0.2, 0.25) is 5.91 Å². The van der Waals surface area contributed by atoms with Crippen molar-refractivity contribution in [3.05, 3.63) is 76.7 Å². The summed E-state index contributed by atoms with van der Waals surface area (Å²) < 4.78 is 103. The van der Waals surface area contributed by atoms with Gasteiger partial charge in [0.05, 0.1) is 47.7 Å². The first-order valence-corrected chi connectivity index (χ1v) is 20.9. The number of anilines is 2. The maximum Gasteiger partial charge on any atom is 0.416 e. The quantitative estimate of drug-likeness (QED) is 0.173. The number of benzene rings is 2. The lowest BCUT2D eigenvalue weighted by Gasteiger charge is -2.49. The van der Waals surface area contributed by atoms with Gasteiger partial charge in [0, 0.05) is 38.3 Å². The van der Waals surface area contributed by atoms with Crippen LogP contribution in [0.2, 0.25) is 18.1 Å². The van der Waals surface area contributed by atoms with Crippen molar-refractivity contribution in [1.82, 2.24) is 9.88 Å². The molecule has 2 aliphatic rings. The summed E-state index contributed by atoms with van der Waals surface area (Å²) in [6.45, 7) is 15.6. The number of ether oxygens (including phenoxy) is 1. The molecule has 0 aliphatic carbocycles. The van der Waals surface area contributed by atoms with Crippen LogP contribution in [0.5, 0.6) is 0 Å². The van der Waals surface area contributed by atoms with E-state index in [9.17, 15) is 40.3 Å². The summed E-state index contributed by atoms with van der Waals surface area (Å²) in [5.41, 5.74) is -3.53. The number of hydrogen-bond acceptors (Lipinski definition) is 6. The van der Waals surface area contributed by atoms with Gasteiger partial charge in [-0.1, -0.05) is 19.9 Å². The van der Waals surface area contributed by atoms with Gasteiger partial charge in [-0.3, -0.25) is 9.69 Å². The first-order valence-electron chi connectivity index (χ1n) is 18.0. The summed E-state index contributed by atoms with van der Waals surface area (Å²) in [5.74, 6) is -0.678. The molecule has 1 aromatic heterocycles. The Bertz CT molecular complexity index is 1830. The molecule has 1 amide bonds. The molecule has 1 N–H and O–H groups in total. The number of fused-ring (bicyclic) bond motifs is 1. The van der Waals surface area contributed by atoms with E-state index in [1.807, 2.05) is 13.1 Å². The average Bonchev–Trinajstić information content (AvgIpc) is 3.08. The van der Waals surface area contributed by atoms with Crippen LogP contribution in [0.15, 0.2) is 48.7 Å². The smallest absolute Gasteiger partial charge is 0.416 e. The maximum atomic E-state index is 14.4. The van der Waals surface area contributed by atoms with Gasteiger partial charge >= 0.3 is 12.4 Å². The van der Waals surface area contributed by atoms with E-state index in [2.05, 4.69) is 23.6 Å². The lowest BCUT2D eigenvalue weighted by molar-refractivity contribution is -0.143. The van der Waals surface area contributed by atoms with Crippen molar-refractivity contribution in [1.29, 1.82) is 0 Å². The Labute approximate surface area is 313 Å². The fourth-order valence-electron chi connectivity index (χ4n) is 7.18. The van der Waals surface area contributed by atoms with E-state index in [4.69, 9.17) is 9.72 Å². The average molecular weight is 783 g/mol. The number of nitrogens with zero attached hydrogens (tertiary/aromatic N) is 4. The SMILES string of the molecule is Cc1cc(F)ccc1-c1cc(N2C[C@H]3COCCN3C[C@H]2CCC(C)(C)[Si](C)(C)O)ncc1N(C)C(=O)C(C)(C)c1cc(C(F)(F)F)cc(C(F)(F)F)c1. The van der Waals surface area contributed by atoms with Gasteiger partial charge < -0.3 is 19.3 Å². The predicted molar refractivity (Wildman–Crippen MR) is 198 cm³/mol. The van der Waals surface area contributed by atoms with Gasteiger partial charge in [0.15, 0.2) is 8.32 Å². The Balaban J connectivity index is 1.59. The number of pyridine rings is 1. The number of amides is 1. The maximum absolute atomic E-state index is 14.4. The summed E-state index contributed by atoms with van der Waals surface area (Å²) in [4.78, 5) is 36.0. The van der Waals surface area contributed by atoms with E-state index in [1.54, 1.807) is 19.1 Å². The van der Waals surface area contributed by atoms with Crippen LogP contribution in [0.3, 0.4) is 0 Å². The summed E-state index contributed by atoms with van der Waals surface area (Å²) in [6.07, 6.45) is -7.19. The van der Waals surface area contributed by atoms with Crippen LogP contribution in [-0.2, 0) is 27.3 Å². The molecule has 15 heteroatoms. The molecular weight excluding hydrogens is 734 g/mol. The molecule has 2 atom stereocenters. The van der Waals surface area contributed by atoms with Crippen molar-refractivity contribution in [2.24, 2.45) is 0 Å². The van der Waals surface area contributed by atoms with Gasteiger partial charge in [0.25, 0.3) is 0 Å². The number of carbonyl (C=O) groups excluding carboxylic acids is 1. The topological polar surface area (TPSA) is 69.1 Å². The van der Waals surface area contributed by atoms with Crippen LogP contribution in [0.1, 0.15) is 62.8 Å². The molecule has 5 rings (SSSR count). The summed E-state index contributed by atoms with van der Waals surface area (Å²) in [6, 6.07) is 7.26. The van der Waals surface area contributed by atoms with Crippen molar-refractivity contribution in [2.45, 2.75) is 95.4 Å². The molecule has 2 aliphatic heterocycles. The minimum Gasteiger partial charge on any atom is -0.432 e. The lowest BCUT2D eigenvalue weighted by Crippen LogP contribution is -2.62. The highest BCUT2D eigenvalue weighted by molar-refractivity contribution is 6.72. The van der Waals surface area contributed by atoms with Crippen LogP contribution in [-0.4, -0.2) is 80.9 Å². The molecule has 3 aromatic rings. The Kier molecular flexibility index (Phi) is 11.4. The molecule has 0 bridgehead atoms. The number of hydrogen-bond donors (Lipinski definition) is 1. The molecule has 2 saturated heterocycles. The van der Waals surface area contributed by atoms with Crippen molar-refractivity contribution in [3.63, 3.8) is 0 Å². The lowest BCUT2D eigenvalue weighted by atomic mass is 9.81. The largest absolute Gasteiger partial charge is 0.432 e. The van der Waals surface area contributed by atoms with Crippen LogP contribution >= 0.6 is 0 Å². The van der Waals surface area contributed by atoms with E-state index < -0.39 is 54.5 Å². The number of rotatable bonds is 9. The fourth-order valence-corrected chi connectivity index (χ4v) is 7.93. The van der Waals surface area contributed by atoms with Gasteiger partial charge in [-0.25, -0.2) is 9.37 Å². The van der Waals surface area contributed by atoms with Crippen molar-refractivity contribution in [2.75, 3.05) is 49.7 Å². The Hall–Kier alpha value is -3.53. The zero-order valence-corrected chi connectivity index (χ0v) is 32.9. The van der Waals surface area contributed by atoms with Gasteiger partial charge in [-0.2, -0.15) is 26.3 Å². The normalized spacial score (nSPS) is 19.1. The standard InChI is InChI=1S/C39H49F7N4O3Si/c1-24-15-28(40)9-10-31(24)32-19-34(50-22-30-23-53-14-13-49(30)21-29(50)11-12-36(2,3)54(7,8)52)47-20-33(32)48(6)35(51)37(4,5)25-16-26(38(41,42)43)18-27(17-25)39(44,45)46/h9-10,15-20,29-30,52H,11-14,21-23H2,1-8H3/t29-,30+/m1/s1. The van der Waals surface area contributed by atoms with Crippen LogP contribution in [0.25, 0.3) is 11.1 Å². The number of morpholine rings is 1. The molecule has 296 valence electrons. The summed E-state index contributed by atoms with van der Waals surface area (Å²) in [7, 11) is -1.12. The third kappa shape index (κ3) is 8.63. The first kappa shape index (κ1) is 41.6. The minimum atomic E-state index is -5.09. The molecule has 2 aromatic carbocycles. The predicted octanol–water partition coefficient (Wildman–Crippen LogP) is 8.82. The zero-order chi connectivity index (χ0) is 40.2. The van der Waals surface area contributed by atoms with Gasteiger partial charge in [0.1, 0.15) is 11.6 Å². The highest BCUT2D eigenvalue weighted by Crippen LogP contribution is 2.44. The highest BCUT2D eigenvalue weighted by Gasteiger charge is 2.43. The number of likely N-dealkylation sites (N-methyl/N-ethyl adjacent to an activating group) is 1. The highest BCUT2D eigenvalue weighted by atomic mass is 28.4. The molecule has 0 spiro atoms. The van der Waals surface area contributed by atoms with E-state index in [-0.39, 0.29) is 28.9 Å². The van der Waals surface area contributed by atoms with Gasteiger partial charge in [-0.05, 0) is 105 Å². The van der Waals surface area contributed by atoms with Crippen LogP contribution < -0.4 is 9.80 Å². The van der Waals surface area contributed by atoms with Crippen molar-refractivity contribution < 1.29 is 45.1 Å². The molecule has 2 fully saturated rings. The molecular formula is C39H49F7N4O3Si. The Morgan fingerprint density at radius 1 is 0.944 bits per heavy atom. The molecule has 0 radical (unpaired) electrons. The molecule has 0 saturated carbocycles. The molecule has 3 heterocycles. The van der Waals surface area contributed by atoms with E-state index in [1.165, 1.54) is 44.1 Å². The molecule has 0 unspecified atom stereocenters. The van der Waals surface area contributed by atoms with E-state index >= 15 is 0 Å². The second kappa shape index (κ2) is 14.8. The second-order valence-corrected chi connectivity index (χ2v) is 20.8. The minimum absolute atomic E-state index is 0.00229. The fraction of sp³-hybridized carbons (Fsp3) is 0.538. The Morgan fingerprint density at radius 3 is 2.13 bits per heavy atom. The summed E-state index contributed by atoms with van der Waals surface area (Å²) in [5, 5.41) is -0.273. The number of piperazine rings is 1. The number of aromatic nitrogens is 1. The molecule has 54 heavy (non-hydrogen) atoms. The zero-order valence-electron chi connectivity index (χ0n) is 31.9. The Morgan fingerprint density at radius 2 is 1.56 bits per heavy atom. The number of halogens is 7. The summed E-state index contributed by atoms with van der Waals surface area (Å²) >= 11 is 0. The number of carbonyl (C=O) groups is 1. The van der Waals surface area contributed by atoms with Crippen LogP contribution in [0.4, 0.5) is 42.2 Å². The first-order chi connectivity index (χ1) is 24.8. The van der Waals surface area contributed by atoms with E-state index in [0.29, 0.717) is 54.4 Å². The van der Waals surface area contributed by atoms with E-state index in [0.717, 1.165) is 25.9 Å². The van der Waals surface area contributed by atoms with Crippen molar-refractivity contribution in [3.8, 4) is 11.1 Å². The third-order valence-electron chi connectivity index (χ3n) is 11.6. The monoisotopic (exact) mass is 782 g/mol. The molecule has 7 nitrogen and oxygen atoms in total. The van der Waals surface area contributed by atoms with Crippen molar-refractivity contribution >= 4 is 25.7 Å².